The van der Waals surface area contributed by atoms with Gasteiger partial charge < -0.3 is 35.1 Å². The summed E-state index contributed by atoms with van der Waals surface area (Å²) in [6, 6.07) is 0. The summed E-state index contributed by atoms with van der Waals surface area (Å²) in [5.74, 6) is -0.131. The van der Waals surface area contributed by atoms with Gasteiger partial charge in [-0.15, -0.1) is 0 Å². The third-order valence-electron chi connectivity index (χ3n) is 3.66. The van der Waals surface area contributed by atoms with Crippen molar-refractivity contribution in [2.24, 2.45) is 0 Å². The SMILES string of the molecule is C.C=C/C=C1/CNC/C1=C/CNC(=O)COCCOCCOC.COC(C)(C)C.O.[HH]. The van der Waals surface area contributed by atoms with E-state index in [1.165, 1.54) is 11.1 Å². The summed E-state index contributed by atoms with van der Waals surface area (Å²) >= 11 is 0. The molecule has 0 bridgehead atoms. The van der Waals surface area contributed by atoms with Crippen molar-refractivity contribution >= 4 is 5.91 Å². The lowest BCUT2D eigenvalue weighted by Gasteiger charge is -2.14. The molecule has 0 aromatic rings. The molecule has 0 saturated carbocycles. The maximum Gasteiger partial charge on any atom is 0.246 e. The normalized spacial score (nSPS) is 15.6. The van der Waals surface area contributed by atoms with Crippen LogP contribution in [0.3, 0.4) is 0 Å². The van der Waals surface area contributed by atoms with Crippen molar-refractivity contribution in [2.75, 3.05) is 66.9 Å². The van der Waals surface area contributed by atoms with Crippen LogP contribution in [0.5, 0.6) is 0 Å². The molecule has 8 heteroatoms. The number of hydrogen-bond acceptors (Lipinski definition) is 6. The summed E-state index contributed by atoms with van der Waals surface area (Å²) in [5.41, 5.74) is 2.46. The standard InChI is InChI=1S/C16H26N2O4.C5H12O.CH4.H2O.H2/c1-3-4-14-11-17-12-15(14)5-6-18-16(19)13-22-10-9-21-8-7-20-2;1-5(2,3)6-4;;;/h3-5,17H,1,6-13H2,2H3,(H,18,19);1-4H3;1H4;1H2;1H/b14-4-,15-5-;;;;. The molecule has 0 radical (unpaired) electrons. The van der Waals surface area contributed by atoms with Gasteiger partial charge in [0.25, 0.3) is 0 Å². The van der Waals surface area contributed by atoms with Crippen molar-refractivity contribution in [3.05, 3.63) is 36.0 Å². The first-order valence-electron chi connectivity index (χ1n) is 9.52. The Morgan fingerprint density at radius 2 is 1.70 bits per heavy atom. The summed E-state index contributed by atoms with van der Waals surface area (Å²) in [7, 11) is 3.33. The van der Waals surface area contributed by atoms with Crippen molar-refractivity contribution in [1.29, 1.82) is 0 Å². The molecule has 1 aliphatic heterocycles. The van der Waals surface area contributed by atoms with E-state index in [9.17, 15) is 4.79 Å². The summed E-state index contributed by atoms with van der Waals surface area (Å²) in [4.78, 5) is 11.6. The molecule has 1 rings (SSSR count). The van der Waals surface area contributed by atoms with Gasteiger partial charge in [0.15, 0.2) is 0 Å². The molecule has 1 heterocycles. The molecule has 30 heavy (non-hydrogen) atoms. The van der Waals surface area contributed by atoms with Crippen LogP contribution in [0.4, 0.5) is 0 Å². The second kappa shape index (κ2) is 20.7. The topological polar surface area (TPSA) is 110 Å². The van der Waals surface area contributed by atoms with Crippen LogP contribution in [0.25, 0.3) is 0 Å². The zero-order chi connectivity index (χ0) is 21.3. The van der Waals surface area contributed by atoms with Gasteiger partial charge in [-0.3, -0.25) is 4.79 Å². The molecular formula is C22H46N2O6. The lowest BCUT2D eigenvalue weighted by atomic mass is 10.1. The van der Waals surface area contributed by atoms with Crippen LogP contribution in [-0.2, 0) is 23.7 Å². The number of carbonyl (C=O) groups is 1. The molecular weight excluding hydrogens is 388 g/mol. The Morgan fingerprint density at radius 1 is 1.13 bits per heavy atom. The first-order chi connectivity index (χ1) is 13.3. The van der Waals surface area contributed by atoms with E-state index in [2.05, 4.69) is 17.2 Å². The Balaban J connectivity index is -0.000000357. The van der Waals surface area contributed by atoms with E-state index in [4.69, 9.17) is 18.9 Å². The molecule has 180 valence electrons. The van der Waals surface area contributed by atoms with Crippen LogP contribution >= 0.6 is 0 Å². The average Bonchev–Trinajstić information content (AvgIpc) is 3.08. The molecule has 1 saturated heterocycles. The Kier molecular flexibility index (Phi) is 22.9. The Bertz CT molecular complexity index is 505. The predicted octanol–water partition coefficient (Wildman–Crippen LogP) is 1.91. The smallest absolute Gasteiger partial charge is 0.246 e. The number of allylic oxidation sites excluding steroid dienone is 2. The maximum atomic E-state index is 11.6. The summed E-state index contributed by atoms with van der Waals surface area (Å²) in [5, 5.41) is 6.07. The van der Waals surface area contributed by atoms with Gasteiger partial charge in [0.05, 0.1) is 32.0 Å². The summed E-state index contributed by atoms with van der Waals surface area (Å²) < 4.78 is 20.2. The quantitative estimate of drug-likeness (QED) is 0.481. The maximum absolute atomic E-state index is 11.6. The number of ether oxygens (including phenoxy) is 4. The van der Waals surface area contributed by atoms with Gasteiger partial charge in [-0.1, -0.05) is 32.2 Å². The van der Waals surface area contributed by atoms with E-state index in [-0.39, 0.29) is 32.4 Å². The molecule has 4 N–H and O–H groups in total. The predicted molar refractivity (Wildman–Crippen MR) is 125 cm³/mol. The van der Waals surface area contributed by atoms with Crippen LogP contribution < -0.4 is 10.6 Å². The highest BCUT2D eigenvalue weighted by Gasteiger charge is 2.11. The highest BCUT2D eigenvalue weighted by molar-refractivity contribution is 5.77. The highest BCUT2D eigenvalue weighted by atomic mass is 16.5. The van der Waals surface area contributed by atoms with Crippen molar-refractivity contribution in [3.63, 3.8) is 0 Å². The van der Waals surface area contributed by atoms with E-state index in [0.29, 0.717) is 33.0 Å². The molecule has 0 aromatic carbocycles. The lowest BCUT2D eigenvalue weighted by Crippen LogP contribution is -2.28. The van der Waals surface area contributed by atoms with Crippen LogP contribution in [0.2, 0.25) is 0 Å². The van der Waals surface area contributed by atoms with Crippen LogP contribution in [0.1, 0.15) is 29.6 Å². The summed E-state index contributed by atoms with van der Waals surface area (Å²) in [6.07, 6.45) is 5.78. The minimum absolute atomic E-state index is 0. The van der Waals surface area contributed by atoms with Gasteiger partial charge in [-0.2, -0.15) is 0 Å². The fourth-order valence-electron chi connectivity index (χ4n) is 1.94. The third-order valence-corrected chi connectivity index (χ3v) is 3.66. The Labute approximate surface area is 184 Å². The fraction of sp³-hybridized carbons (Fsp3) is 0.682. The third kappa shape index (κ3) is 19.8. The zero-order valence-corrected chi connectivity index (χ0v) is 18.6. The van der Waals surface area contributed by atoms with Crippen molar-refractivity contribution in [3.8, 4) is 0 Å². The highest BCUT2D eigenvalue weighted by Crippen LogP contribution is 2.13. The molecule has 1 fully saturated rings. The molecule has 0 spiro atoms. The minimum atomic E-state index is -0.131. The minimum Gasteiger partial charge on any atom is -0.412 e. The van der Waals surface area contributed by atoms with Gasteiger partial charge in [0.2, 0.25) is 5.91 Å². The number of amides is 1. The van der Waals surface area contributed by atoms with Crippen LogP contribution in [-0.4, -0.2) is 83.9 Å². The van der Waals surface area contributed by atoms with Gasteiger partial charge in [0.1, 0.15) is 6.61 Å². The van der Waals surface area contributed by atoms with E-state index in [0.717, 1.165) is 13.1 Å². The van der Waals surface area contributed by atoms with Gasteiger partial charge in [0, 0.05) is 35.3 Å². The van der Waals surface area contributed by atoms with Gasteiger partial charge in [-0.05, 0) is 31.9 Å². The second-order valence-electron chi connectivity index (χ2n) is 7.04. The number of carbonyl (C=O) groups excluding carboxylic acids is 1. The molecule has 0 aromatic heterocycles. The number of methoxy groups -OCH3 is 2. The van der Waals surface area contributed by atoms with E-state index < -0.39 is 0 Å². The molecule has 1 amide bonds. The van der Waals surface area contributed by atoms with Crippen LogP contribution in [0, 0.1) is 0 Å². The van der Waals surface area contributed by atoms with E-state index >= 15 is 0 Å². The largest absolute Gasteiger partial charge is 0.412 e. The van der Waals surface area contributed by atoms with Crippen molar-refractivity contribution in [1.82, 2.24) is 10.6 Å². The van der Waals surface area contributed by atoms with Crippen LogP contribution in [0.15, 0.2) is 36.0 Å². The Hall–Kier alpha value is -1.55. The summed E-state index contributed by atoms with van der Waals surface area (Å²) in [6.45, 7) is 13.9. The molecule has 0 atom stereocenters. The molecule has 1 aliphatic rings. The van der Waals surface area contributed by atoms with Gasteiger partial charge >= 0.3 is 0 Å². The van der Waals surface area contributed by atoms with Crippen molar-refractivity contribution in [2.45, 2.75) is 33.8 Å². The fourth-order valence-corrected chi connectivity index (χ4v) is 1.94. The molecule has 0 unspecified atom stereocenters. The zero-order valence-electron chi connectivity index (χ0n) is 18.6. The lowest BCUT2D eigenvalue weighted by molar-refractivity contribution is -0.126. The number of hydrogen-bond donors (Lipinski definition) is 2. The first-order valence-corrected chi connectivity index (χ1v) is 9.52. The first kappa shape index (κ1) is 33.1. The van der Waals surface area contributed by atoms with E-state index in [1.54, 1.807) is 20.3 Å². The second-order valence-corrected chi connectivity index (χ2v) is 7.04. The monoisotopic (exact) mass is 434 g/mol. The van der Waals surface area contributed by atoms with E-state index in [1.807, 2.05) is 32.9 Å². The average molecular weight is 435 g/mol. The number of rotatable bonds is 11. The molecule has 8 nitrogen and oxygen atoms in total. The Morgan fingerprint density at radius 3 is 2.27 bits per heavy atom. The van der Waals surface area contributed by atoms with Gasteiger partial charge in [-0.25, -0.2) is 0 Å². The van der Waals surface area contributed by atoms with Crippen molar-refractivity contribution < 1.29 is 30.6 Å². The number of nitrogens with one attached hydrogen (secondary N) is 2. The molecule has 0 aliphatic carbocycles.